The largest absolute Gasteiger partial charge is 0.318 e. The van der Waals surface area contributed by atoms with Crippen LogP contribution in [0, 0.1) is 0 Å². The van der Waals surface area contributed by atoms with Crippen LogP contribution < -0.4 is 4.80 Å². The van der Waals surface area contributed by atoms with E-state index in [4.69, 9.17) is 0 Å². The van der Waals surface area contributed by atoms with E-state index in [1.165, 1.54) is 11.0 Å². The van der Waals surface area contributed by atoms with Crippen molar-refractivity contribution in [2.45, 2.75) is 6.92 Å². The van der Waals surface area contributed by atoms with Gasteiger partial charge in [0.2, 0.25) is 4.80 Å². The molecule has 2 aromatic heterocycles. The number of aromatic nitrogens is 4. The van der Waals surface area contributed by atoms with Gasteiger partial charge in [-0.2, -0.15) is 10.2 Å². The molecule has 25 heavy (non-hydrogen) atoms. The Hall–Kier alpha value is -3.06. The molecule has 6 nitrogen and oxygen atoms in total. The van der Waals surface area contributed by atoms with Crippen molar-refractivity contribution in [3.05, 3.63) is 71.6 Å². The molecule has 0 aliphatic carbocycles. The summed E-state index contributed by atoms with van der Waals surface area (Å²) in [7, 11) is 2.01. The molecule has 0 spiro atoms. The van der Waals surface area contributed by atoms with Crippen LogP contribution in [0.1, 0.15) is 12.5 Å². The number of rotatable bonds is 3. The minimum absolute atomic E-state index is 0.864. The van der Waals surface area contributed by atoms with E-state index >= 15 is 0 Å². The van der Waals surface area contributed by atoms with Gasteiger partial charge in [0.25, 0.3) is 0 Å². The van der Waals surface area contributed by atoms with Crippen molar-refractivity contribution in [2.75, 3.05) is 0 Å². The molecule has 0 unspecified atom stereocenters. The van der Waals surface area contributed by atoms with Crippen LogP contribution in [-0.4, -0.2) is 25.0 Å². The molecule has 0 saturated heterocycles. The van der Waals surface area contributed by atoms with Gasteiger partial charge < -0.3 is 4.57 Å². The molecular weight excluding hydrogens is 332 g/mol. The Morgan fingerprint density at radius 2 is 1.88 bits per heavy atom. The number of para-hydroxylation sites is 1. The zero-order valence-corrected chi connectivity index (χ0v) is 14.7. The summed E-state index contributed by atoms with van der Waals surface area (Å²) < 4.78 is 4.98. The molecule has 0 radical (unpaired) electrons. The highest BCUT2D eigenvalue weighted by Crippen LogP contribution is 2.15. The maximum Gasteiger partial charge on any atom is 0.211 e. The highest BCUT2D eigenvalue weighted by molar-refractivity contribution is 7.16. The van der Waals surface area contributed by atoms with Gasteiger partial charge >= 0.3 is 0 Å². The van der Waals surface area contributed by atoms with Gasteiger partial charge in [-0.25, -0.2) is 9.67 Å². The van der Waals surface area contributed by atoms with Gasteiger partial charge in [-0.1, -0.05) is 35.6 Å². The molecule has 4 rings (SSSR count). The highest BCUT2D eigenvalue weighted by atomic mass is 32.1. The predicted octanol–water partition coefficient (Wildman–Crippen LogP) is 3.15. The standard InChI is InChI=1S/C18H16N6S/c1-13(14-7-9-15(10-8-14)24-12-19-11-20-24)21-22-18-23(2)16-5-3-4-6-17(16)25-18/h3-12H,1-2H3/b21-13+,22-18+. The average molecular weight is 348 g/mol. The molecule has 0 atom stereocenters. The second-order valence-corrected chi connectivity index (χ2v) is 6.59. The van der Waals surface area contributed by atoms with Gasteiger partial charge in [-0.3, -0.25) is 0 Å². The third-order valence-electron chi connectivity index (χ3n) is 3.97. The SMILES string of the molecule is C/C(=N\N=c1\sc2ccccc2n1C)c1ccc(-n2cncn2)cc1. The lowest BCUT2D eigenvalue weighted by Crippen LogP contribution is -2.09. The quantitative estimate of drug-likeness (QED) is 0.422. The number of aryl methyl sites for hydroxylation is 1. The summed E-state index contributed by atoms with van der Waals surface area (Å²) in [4.78, 5) is 4.83. The summed E-state index contributed by atoms with van der Waals surface area (Å²) in [6.45, 7) is 1.96. The van der Waals surface area contributed by atoms with Gasteiger partial charge in [-0.05, 0) is 36.8 Å². The van der Waals surface area contributed by atoms with Crippen LogP contribution >= 0.6 is 11.3 Å². The molecule has 0 fully saturated rings. The topological polar surface area (TPSA) is 60.4 Å². The van der Waals surface area contributed by atoms with Crippen molar-refractivity contribution in [3.8, 4) is 5.69 Å². The summed E-state index contributed by atoms with van der Waals surface area (Å²) in [5, 5.41) is 13.0. The Labute approximate surface area is 148 Å². The number of benzene rings is 2. The lowest BCUT2D eigenvalue weighted by Gasteiger charge is -2.02. The first kappa shape index (κ1) is 15.5. The van der Waals surface area contributed by atoms with E-state index in [1.807, 2.05) is 50.4 Å². The van der Waals surface area contributed by atoms with Crippen molar-refractivity contribution in [3.63, 3.8) is 0 Å². The van der Waals surface area contributed by atoms with Crippen LogP contribution in [0.15, 0.2) is 71.4 Å². The fourth-order valence-corrected chi connectivity index (χ4v) is 3.52. The molecule has 7 heteroatoms. The Morgan fingerprint density at radius 1 is 1.08 bits per heavy atom. The Kier molecular flexibility index (Phi) is 3.99. The Bertz CT molecular complexity index is 1100. The monoisotopic (exact) mass is 348 g/mol. The highest BCUT2D eigenvalue weighted by Gasteiger charge is 2.02. The fraction of sp³-hybridized carbons (Fsp3) is 0.111. The normalized spacial score (nSPS) is 12.9. The molecule has 0 aliphatic rings. The van der Waals surface area contributed by atoms with Gasteiger partial charge in [0.1, 0.15) is 12.7 Å². The average Bonchev–Trinajstić information content (AvgIpc) is 3.29. The van der Waals surface area contributed by atoms with E-state index in [1.54, 1.807) is 22.3 Å². The molecule has 2 heterocycles. The molecule has 0 saturated carbocycles. The fourth-order valence-electron chi connectivity index (χ4n) is 2.55. The number of hydrogen-bond donors (Lipinski definition) is 0. The minimum Gasteiger partial charge on any atom is -0.318 e. The lowest BCUT2D eigenvalue weighted by molar-refractivity contribution is 0.878. The van der Waals surface area contributed by atoms with Crippen LogP contribution in [-0.2, 0) is 7.05 Å². The van der Waals surface area contributed by atoms with Crippen molar-refractivity contribution in [1.29, 1.82) is 0 Å². The van der Waals surface area contributed by atoms with Gasteiger partial charge in [-0.15, -0.1) is 5.10 Å². The van der Waals surface area contributed by atoms with E-state index in [-0.39, 0.29) is 0 Å². The Morgan fingerprint density at radius 3 is 2.60 bits per heavy atom. The zero-order chi connectivity index (χ0) is 17.2. The zero-order valence-electron chi connectivity index (χ0n) is 13.9. The van der Waals surface area contributed by atoms with Crippen LogP contribution in [0.5, 0.6) is 0 Å². The van der Waals surface area contributed by atoms with E-state index in [9.17, 15) is 0 Å². The molecule has 2 aromatic carbocycles. The molecule has 4 aromatic rings. The molecule has 0 amide bonds. The summed E-state index contributed by atoms with van der Waals surface area (Å²) in [5.74, 6) is 0. The molecule has 0 N–H and O–H groups in total. The van der Waals surface area contributed by atoms with E-state index in [0.29, 0.717) is 0 Å². The number of thiazole rings is 1. The van der Waals surface area contributed by atoms with Gasteiger partial charge in [0.15, 0.2) is 0 Å². The van der Waals surface area contributed by atoms with E-state index in [2.05, 4.69) is 37.0 Å². The number of nitrogens with zero attached hydrogens (tertiary/aromatic N) is 6. The van der Waals surface area contributed by atoms with Crippen molar-refractivity contribution >= 4 is 27.3 Å². The van der Waals surface area contributed by atoms with Crippen molar-refractivity contribution in [1.82, 2.24) is 19.3 Å². The second kappa shape index (κ2) is 6.45. The maximum atomic E-state index is 4.43. The summed E-state index contributed by atoms with van der Waals surface area (Å²) in [6, 6.07) is 16.2. The summed E-state index contributed by atoms with van der Waals surface area (Å²) in [5.41, 5.74) is 4.01. The molecule has 0 aliphatic heterocycles. The lowest BCUT2D eigenvalue weighted by atomic mass is 10.1. The van der Waals surface area contributed by atoms with E-state index < -0.39 is 0 Å². The predicted molar refractivity (Wildman–Crippen MR) is 99.9 cm³/mol. The number of fused-ring (bicyclic) bond motifs is 1. The Balaban J connectivity index is 1.65. The van der Waals surface area contributed by atoms with Crippen LogP contribution in [0.2, 0.25) is 0 Å². The maximum absolute atomic E-state index is 4.43. The first-order valence-corrected chi connectivity index (χ1v) is 8.62. The third kappa shape index (κ3) is 3.01. The summed E-state index contributed by atoms with van der Waals surface area (Å²) >= 11 is 1.63. The first-order valence-electron chi connectivity index (χ1n) is 7.81. The van der Waals surface area contributed by atoms with Gasteiger partial charge in [0.05, 0.1) is 21.6 Å². The van der Waals surface area contributed by atoms with Crippen LogP contribution in [0.4, 0.5) is 0 Å². The van der Waals surface area contributed by atoms with Crippen molar-refractivity contribution < 1.29 is 0 Å². The summed E-state index contributed by atoms with van der Waals surface area (Å²) in [6.07, 6.45) is 3.19. The molecular formula is C18H16N6S. The minimum atomic E-state index is 0.864. The number of hydrogen-bond acceptors (Lipinski definition) is 5. The van der Waals surface area contributed by atoms with E-state index in [0.717, 1.165) is 27.3 Å². The molecule has 124 valence electrons. The van der Waals surface area contributed by atoms with Gasteiger partial charge in [0, 0.05) is 7.05 Å². The van der Waals surface area contributed by atoms with Crippen LogP contribution in [0.3, 0.4) is 0 Å². The third-order valence-corrected chi connectivity index (χ3v) is 5.07. The molecule has 0 bridgehead atoms. The van der Waals surface area contributed by atoms with Crippen LogP contribution in [0.25, 0.3) is 15.9 Å². The second-order valence-electron chi connectivity index (χ2n) is 5.58. The van der Waals surface area contributed by atoms with Crippen molar-refractivity contribution in [2.24, 2.45) is 17.3 Å². The smallest absolute Gasteiger partial charge is 0.211 e. The first-order chi connectivity index (χ1) is 12.2.